The Kier molecular flexibility index (Phi) is 5.99. The normalized spacial score (nSPS) is 10.4. The molecule has 0 unspecified atom stereocenters. The van der Waals surface area contributed by atoms with Crippen molar-refractivity contribution in [2.75, 3.05) is 25.6 Å². The summed E-state index contributed by atoms with van der Waals surface area (Å²) in [6, 6.07) is 6.39. The average Bonchev–Trinajstić information content (AvgIpc) is 2.55. The number of hydrogen-bond acceptors (Lipinski definition) is 3. The van der Waals surface area contributed by atoms with Crippen LogP contribution >= 0.6 is 0 Å². The highest BCUT2D eigenvalue weighted by molar-refractivity contribution is 5.89. The van der Waals surface area contributed by atoms with E-state index in [0.29, 0.717) is 19.7 Å². The summed E-state index contributed by atoms with van der Waals surface area (Å²) >= 11 is 0. The predicted octanol–water partition coefficient (Wildman–Crippen LogP) is 3.04. The van der Waals surface area contributed by atoms with Crippen LogP contribution in [0.25, 0.3) is 0 Å². The molecule has 0 fully saturated rings. The molecule has 0 aliphatic rings. The molecular weight excluding hydrogens is 304 g/mol. The number of carbonyl (C=O) groups is 1. The number of rotatable bonds is 6. The fourth-order valence-corrected chi connectivity index (χ4v) is 1.94. The van der Waals surface area contributed by atoms with Gasteiger partial charge in [-0.05, 0) is 23.8 Å². The number of pyridine rings is 1. The molecule has 1 heterocycles. The minimum absolute atomic E-state index is 0.183. The number of ether oxygens (including phenoxy) is 1. The number of amides is 2. The lowest BCUT2D eigenvalue weighted by Gasteiger charge is -2.23. The molecule has 7 heteroatoms. The fourth-order valence-electron chi connectivity index (χ4n) is 1.94. The quantitative estimate of drug-likeness (QED) is 0.890. The van der Waals surface area contributed by atoms with Crippen LogP contribution in [0.1, 0.15) is 5.56 Å². The van der Waals surface area contributed by atoms with Crippen LogP contribution in [0.5, 0.6) is 0 Å². The highest BCUT2D eigenvalue weighted by atomic mass is 19.2. The van der Waals surface area contributed by atoms with E-state index >= 15 is 0 Å². The summed E-state index contributed by atoms with van der Waals surface area (Å²) in [5.41, 5.74) is 1.03. The first-order valence-electron chi connectivity index (χ1n) is 6.99. The molecule has 0 radical (unpaired) electrons. The number of benzene rings is 1. The van der Waals surface area contributed by atoms with Crippen LogP contribution in [0, 0.1) is 11.6 Å². The molecule has 0 saturated heterocycles. The third-order valence-corrected chi connectivity index (χ3v) is 3.12. The highest BCUT2D eigenvalue weighted by Gasteiger charge is 2.15. The standard InChI is InChI=1S/C16H17F2N3O2/c1-23-8-7-21(11-12-3-2-6-19-10-12)16(22)20-13-4-5-14(17)15(18)9-13/h2-6,9-10H,7-8,11H2,1H3,(H,20,22). The van der Waals surface area contributed by atoms with E-state index in [1.54, 1.807) is 18.5 Å². The van der Waals surface area contributed by atoms with Gasteiger partial charge in [0, 0.05) is 44.3 Å². The highest BCUT2D eigenvalue weighted by Crippen LogP contribution is 2.14. The zero-order valence-electron chi connectivity index (χ0n) is 12.6. The molecule has 5 nitrogen and oxygen atoms in total. The first-order valence-corrected chi connectivity index (χ1v) is 6.99. The van der Waals surface area contributed by atoms with Crippen LogP contribution in [0.4, 0.5) is 19.3 Å². The summed E-state index contributed by atoms with van der Waals surface area (Å²) in [6.45, 7) is 1.03. The Hall–Kier alpha value is -2.54. The first kappa shape index (κ1) is 16.8. The van der Waals surface area contributed by atoms with E-state index in [1.807, 2.05) is 6.07 Å². The lowest BCUT2D eigenvalue weighted by Crippen LogP contribution is -2.36. The number of nitrogens with one attached hydrogen (secondary N) is 1. The summed E-state index contributed by atoms with van der Waals surface area (Å²) < 4.78 is 31.1. The van der Waals surface area contributed by atoms with Crippen molar-refractivity contribution in [3.8, 4) is 0 Å². The van der Waals surface area contributed by atoms with Gasteiger partial charge < -0.3 is 15.0 Å². The Labute approximate surface area is 132 Å². The van der Waals surface area contributed by atoms with Crippen LogP contribution in [0.3, 0.4) is 0 Å². The Morgan fingerprint density at radius 1 is 1.30 bits per heavy atom. The lowest BCUT2D eigenvalue weighted by atomic mass is 10.2. The van der Waals surface area contributed by atoms with Crippen LogP contribution in [0.2, 0.25) is 0 Å². The molecule has 2 rings (SSSR count). The minimum Gasteiger partial charge on any atom is -0.383 e. The van der Waals surface area contributed by atoms with Gasteiger partial charge in [0.2, 0.25) is 0 Å². The smallest absolute Gasteiger partial charge is 0.322 e. The SMILES string of the molecule is COCCN(Cc1cccnc1)C(=O)Nc1ccc(F)c(F)c1. The summed E-state index contributed by atoms with van der Waals surface area (Å²) in [5, 5.41) is 2.54. The van der Waals surface area contributed by atoms with E-state index in [1.165, 1.54) is 18.1 Å². The van der Waals surface area contributed by atoms with Gasteiger partial charge in [0.15, 0.2) is 11.6 Å². The van der Waals surface area contributed by atoms with Gasteiger partial charge in [-0.15, -0.1) is 0 Å². The van der Waals surface area contributed by atoms with Crippen molar-refractivity contribution in [3.05, 3.63) is 59.9 Å². The lowest BCUT2D eigenvalue weighted by molar-refractivity contribution is 0.153. The minimum atomic E-state index is -1.02. The molecule has 0 saturated carbocycles. The molecule has 2 amide bonds. The average molecular weight is 321 g/mol. The second-order valence-corrected chi connectivity index (χ2v) is 4.83. The maximum absolute atomic E-state index is 13.2. The molecule has 0 bridgehead atoms. The number of halogens is 2. The van der Waals surface area contributed by atoms with Crippen molar-refractivity contribution in [2.45, 2.75) is 6.54 Å². The predicted molar refractivity (Wildman–Crippen MR) is 81.9 cm³/mol. The number of carbonyl (C=O) groups excluding carboxylic acids is 1. The van der Waals surface area contributed by atoms with E-state index in [2.05, 4.69) is 10.3 Å². The molecule has 1 aromatic carbocycles. The van der Waals surface area contributed by atoms with Crippen molar-refractivity contribution < 1.29 is 18.3 Å². The van der Waals surface area contributed by atoms with Gasteiger partial charge >= 0.3 is 6.03 Å². The van der Waals surface area contributed by atoms with Crippen molar-refractivity contribution >= 4 is 11.7 Å². The summed E-state index contributed by atoms with van der Waals surface area (Å²) in [6.07, 6.45) is 3.30. The topological polar surface area (TPSA) is 54.5 Å². The number of anilines is 1. The molecule has 23 heavy (non-hydrogen) atoms. The summed E-state index contributed by atoms with van der Waals surface area (Å²) in [7, 11) is 1.54. The molecule has 0 spiro atoms. The zero-order valence-corrected chi connectivity index (χ0v) is 12.6. The Morgan fingerprint density at radius 2 is 2.13 bits per heavy atom. The third-order valence-electron chi connectivity index (χ3n) is 3.12. The van der Waals surface area contributed by atoms with Crippen LogP contribution in [-0.2, 0) is 11.3 Å². The fraction of sp³-hybridized carbons (Fsp3) is 0.250. The van der Waals surface area contributed by atoms with Crippen molar-refractivity contribution in [1.29, 1.82) is 0 Å². The summed E-state index contributed by atoms with van der Waals surface area (Å²) in [5.74, 6) is -1.98. The molecule has 2 aromatic rings. The number of urea groups is 1. The molecule has 1 aromatic heterocycles. The van der Waals surface area contributed by atoms with E-state index in [4.69, 9.17) is 4.74 Å². The van der Waals surface area contributed by atoms with E-state index in [9.17, 15) is 13.6 Å². The maximum Gasteiger partial charge on any atom is 0.322 e. The Morgan fingerprint density at radius 3 is 2.78 bits per heavy atom. The maximum atomic E-state index is 13.2. The number of methoxy groups -OCH3 is 1. The van der Waals surface area contributed by atoms with Gasteiger partial charge in [0.05, 0.1) is 6.61 Å². The van der Waals surface area contributed by atoms with E-state index in [-0.39, 0.29) is 5.69 Å². The monoisotopic (exact) mass is 321 g/mol. The van der Waals surface area contributed by atoms with Gasteiger partial charge in [0.25, 0.3) is 0 Å². The second-order valence-electron chi connectivity index (χ2n) is 4.83. The number of nitrogens with zero attached hydrogens (tertiary/aromatic N) is 2. The van der Waals surface area contributed by atoms with Gasteiger partial charge in [-0.3, -0.25) is 4.98 Å². The molecule has 0 aliphatic carbocycles. The number of aromatic nitrogens is 1. The number of hydrogen-bond donors (Lipinski definition) is 1. The van der Waals surface area contributed by atoms with Crippen molar-refractivity contribution in [3.63, 3.8) is 0 Å². The van der Waals surface area contributed by atoms with Gasteiger partial charge in [0.1, 0.15) is 0 Å². The van der Waals surface area contributed by atoms with Crippen molar-refractivity contribution in [2.24, 2.45) is 0 Å². The molecule has 0 atom stereocenters. The van der Waals surface area contributed by atoms with E-state index < -0.39 is 17.7 Å². The van der Waals surface area contributed by atoms with Crippen LogP contribution in [-0.4, -0.2) is 36.2 Å². The second kappa shape index (κ2) is 8.19. The molecular formula is C16H17F2N3O2. The van der Waals surface area contributed by atoms with Crippen LogP contribution in [0.15, 0.2) is 42.7 Å². The molecule has 0 aliphatic heterocycles. The summed E-state index contributed by atoms with van der Waals surface area (Å²) in [4.78, 5) is 17.8. The largest absolute Gasteiger partial charge is 0.383 e. The molecule has 1 N–H and O–H groups in total. The van der Waals surface area contributed by atoms with Crippen LogP contribution < -0.4 is 5.32 Å². The molecule has 122 valence electrons. The van der Waals surface area contributed by atoms with Gasteiger partial charge in [-0.2, -0.15) is 0 Å². The third kappa shape index (κ3) is 5.00. The Balaban J connectivity index is 2.07. The van der Waals surface area contributed by atoms with Gasteiger partial charge in [-0.25, -0.2) is 13.6 Å². The first-order chi connectivity index (χ1) is 11.1. The zero-order chi connectivity index (χ0) is 16.7. The van der Waals surface area contributed by atoms with Gasteiger partial charge in [-0.1, -0.05) is 6.07 Å². The Bertz CT molecular complexity index is 653. The van der Waals surface area contributed by atoms with Crippen molar-refractivity contribution in [1.82, 2.24) is 9.88 Å². The van der Waals surface area contributed by atoms with E-state index in [0.717, 1.165) is 17.7 Å².